The van der Waals surface area contributed by atoms with Crippen LogP contribution in [0.1, 0.15) is 18.7 Å². The van der Waals surface area contributed by atoms with Gasteiger partial charge in [0.25, 0.3) is 0 Å². The summed E-state index contributed by atoms with van der Waals surface area (Å²) < 4.78 is 7.53. The van der Waals surface area contributed by atoms with Crippen molar-refractivity contribution in [2.24, 2.45) is 7.05 Å². The molecule has 1 saturated carbocycles. The minimum Gasteiger partial charge on any atom is -0.419 e. The van der Waals surface area contributed by atoms with E-state index in [9.17, 15) is 4.79 Å². The number of rotatable bonds is 7. The molecule has 0 radical (unpaired) electrons. The zero-order valence-electron chi connectivity index (χ0n) is 14.6. The van der Waals surface area contributed by atoms with Crippen LogP contribution >= 0.6 is 23.4 Å². The lowest BCUT2D eigenvalue weighted by atomic mass is 10.2. The number of halogens is 1. The second-order valence-electron chi connectivity index (χ2n) is 6.25. The number of hydrogen-bond donors (Lipinski definition) is 0. The summed E-state index contributed by atoms with van der Waals surface area (Å²) in [5.74, 6) is 1.05. The zero-order valence-corrected chi connectivity index (χ0v) is 16.2. The van der Waals surface area contributed by atoms with E-state index in [1.165, 1.54) is 11.8 Å². The van der Waals surface area contributed by atoms with Crippen LogP contribution in [-0.2, 0) is 18.4 Å². The van der Waals surface area contributed by atoms with Crippen LogP contribution in [0.3, 0.4) is 0 Å². The molecule has 0 unspecified atom stereocenters. The van der Waals surface area contributed by atoms with Gasteiger partial charge < -0.3 is 13.9 Å². The van der Waals surface area contributed by atoms with Crippen molar-refractivity contribution in [1.82, 2.24) is 29.9 Å². The molecule has 3 aromatic rings. The monoisotopic (exact) mass is 404 g/mol. The fraction of sp³-hybridized carbons (Fsp3) is 0.353. The predicted octanol–water partition coefficient (Wildman–Crippen LogP) is 2.80. The minimum atomic E-state index is 0.0167. The molecule has 1 amide bonds. The van der Waals surface area contributed by atoms with Gasteiger partial charge in [-0.3, -0.25) is 4.79 Å². The highest BCUT2D eigenvalue weighted by Gasteiger charge is 2.33. The van der Waals surface area contributed by atoms with Crippen LogP contribution in [0, 0.1) is 0 Å². The number of aryl methyl sites for hydroxylation is 1. The lowest BCUT2D eigenvalue weighted by Crippen LogP contribution is -2.34. The highest BCUT2D eigenvalue weighted by molar-refractivity contribution is 7.99. The molecule has 0 bridgehead atoms. The first kappa shape index (κ1) is 18.0. The average molecular weight is 405 g/mol. The van der Waals surface area contributed by atoms with Gasteiger partial charge in [-0.1, -0.05) is 35.5 Å². The molecule has 10 heteroatoms. The number of carbonyl (C=O) groups excluding carboxylic acids is 1. The van der Waals surface area contributed by atoms with E-state index in [1.54, 1.807) is 21.9 Å². The van der Waals surface area contributed by atoms with Gasteiger partial charge in [0.1, 0.15) is 6.33 Å². The Balaban J connectivity index is 1.44. The Kier molecular flexibility index (Phi) is 5.13. The first-order valence-corrected chi connectivity index (χ1v) is 9.81. The normalized spacial score (nSPS) is 13.7. The Morgan fingerprint density at radius 2 is 2.15 bits per heavy atom. The van der Waals surface area contributed by atoms with Crippen LogP contribution < -0.4 is 0 Å². The van der Waals surface area contributed by atoms with Crippen molar-refractivity contribution in [2.75, 3.05) is 5.75 Å². The third-order valence-electron chi connectivity index (χ3n) is 4.18. The van der Waals surface area contributed by atoms with Crippen molar-refractivity contribution in [1.29, 1.82) is 0 Å². The fourth-order valence-corrected chi connectivity index (χ4v) is 3.62. The van der Waals surface area contributed by atoms with E-state index >= 15 is 0 Å². The summed E-state index contributed by atoms with van der Waals surface area (Å²) >= 11 is 7.54. The van der Waals surface area contributed by atoms with Gasteiger partial charge in [-0.2, -0.15) is 0 Å². The van der Waals surface area contributed by atoms with E-state index < -0.39 is 0 Å². The Morgan fingerprint density at radius 3 is 2.85 bits per heavy atom. The molecule has 0 saturated heterocycles. The lowest BCUT2D eigenvalue weighted by molar-refractivity contribution is -0.129. The molecule has 2 heterocycles. The van der Waals surface area contributed by atoms with Gasteiger partial charge in [0.2, 0.25) is 17.7 Å². The molecule has 0 spiro atoms. The quantitative estimate of drug-likeness (QED) is 0.559. The van der Waals surface area contributed by atoms with Gasteiger partial charge >= 0.3 is 0 Å². The number of benzene rings is 1. The molecule has 1 aliphatic carbocycles. The second-order valence-corrected chi connectivity index (χ2v) is 7.60. The maximum absolute atomic E-state index is 12.7. The molecule has 1 aromatic carbocycles. The van der Waals surface area contributed by atoms with Gasteiger partial charge in [0.05, 0.1) is 22.9 Å². The number of thioether (sulfide) groups is 1. The summed E-state index contributed by atoms with van der Waals surface area (Å²) in [6.45, 7) is 0.292. The number of hydrogen-bond acceptors (Lipinski definition) is 7. The first-order valence-electron chi connectivity index (χ1n) is 8.45. The SMILES string of the molecule is Cn1cnnc1SCC(=O)N(Cc1nnc(-c2ccccc2Cl)o1)C1CC1. The topological polar surface area (TPSA) is 89.9 Å². The van der Waals surface area contributed by atoms with Gasteiger partial charge in [-0.15, -0.1) is 20.4 Å². The van der Waals surface area contributed by atoms with E-state index in [0.29, 0.717) is 34.1 Å². The Morgan fingerprint density at radius 1 is 1.33 bits per heavy atom. The molecule has 1 fully saturated rings. The number of carbonyl (C=O) groups is 1. The molecule has 0 aliphatic heterocycles. The second kappa shape index (κ2) is 7.69. The number of nitrogens with zero attached hydrogens (tertiary/aromatic N) is 6. The third kappa shape index (κ3) is 4.14. The molecule has 4 rings (SSSR count). The van der Waals surface area contributed by atoms with Crippen molar-refractivity contribution in [2.45, 2.75) is 30.6 Å². The van der Waals surface area contributed by atoms with Crippen LogP contribution in [0.5, 0.6) is 0 Å². The van der Waals surface area contributed by atoms with Gasteiger partial charge in [0, 0.05) is 13.1 Å². The molecule has 140 valence electrons. The Labute approximate surface area is 164 Å². The highest BCUT2D eigenvalue weighted by Crippen LogP contribution is 2.31. The standard InChI is InChI=1S/C17H17ClN6O2S/c1-23-10-19-22-17(23)27-9-15(25)24(11-6-7-11)8-14-20-21-16(26-14)12-4-2-3-5-13(12)18/h2-5,10-11H,6-9H2,1H3. The Hall–Kier alpha value is -2.39. The summed E-state index contributed by atoms with van der Waals surface area (Å²) in [6.07, 6.45) is 3.60. The smallest absolute Gasteiger partial charge is 0.249 e. The molecule has 8 nitrogen and oxygen atoms in total. The maximum Gasteiger partial charge on any atom is 0.249 e. The van der Waals surface area contributed by atoms with Crippen molar-refractivity contribution >= 4 is 29.3 Å². The van der Waals surface area contributed by atoms with Crippen LogP contribution in [0.15, 0.2) is 40.2 Å². The van der Waals surface area contributed by atoms with E-state index in [4.69, 9.17) is 16.0 Å². The molecule has 0 N–H and O–H groups in total. The summed E-state index contributed by atoms with van der Waals surface area (Å²) in [6, 6.07) is 7.51. The summed E-state index contributed by atoms with van der Waals surface area (Å²) in [7, 11) is 1.85. The van der Waals surface area contributed by atoms with Crippen LogP contribution in [0.4, 0.5) is 0 Å². The van der Waals surface area contributed by atoms with Crippen molar-refractivity contribution in [3.63, 3.8) is 0 Å². The molecular formula is C17H17ClN6O2S. The summed E-state index contributed by atoms with van der Waals surface area (Å²) in [5.41, 5.74) is 0.681. The summed E-state index contributed by atoms with van der Waals surface area (Å²) in [5, 5.41) is 17.2. The van der Waals surface area contributed by atoms with Crippen molar-refractivity contribution < 1.29 is 9.21 Å². The largest absolute Gasteiger partial charge is 0.419 e. The van der Waals surface area contributed by atoms with Crippen molar-refractivity contribution in [3.05, 3.63) is 41.5 Å². The van der Waals surface area contributed by atoms with Gasteiger partial charge in [0.15, 0.2) is 5.16 Å². The van der Waals surface area contributed by atoms with Gasteiger partial charge in [-0.05, 0) is 25.0 Å². The van der Waals surface area contributed by atoms with Crippen LogP contribution in [0.2, 0.25) is 5.02 Å². The molecule has 0 atom stereocenters. The average Bonchev–Trinajstić information content (AvgIpc) is 3.26. The van der Waals surface area contributed by atoms with E-state index in [-0.39, 0.29) is 17.7 Å². The third-order valence-corrected chi connectivity index (χ3v) is 5.53. The van der Waals surface area contributed by atoms with E-state index in [0.717, 1.165) is 12.8 Å². The minimum absolute atomic E-state index is 0.0167. The number of aromatic nitrogens is 5. The lowest BCUT2D eigenvalue weighted by Gasteiger charge is -2.20. The predicted molar refractivity (Wildman–Crippen MR) is 100 cm³/mol. The molecule has 1 aliphatic rings. The van der Waals surface area contributed by atoms with Gasteiger partial charge in [-0.25, -0.2) is 0 Å². The number of amides is 1. The molecule has 27 heavy (non-hydrogen) atoms. The van der Waals surface area contributed by atoms with Crippen LogP contribution in [0.25, 0.3) is 11.5 Å². The Bertz CT molecular complexity index is 954. The highest BCUT2D eigenvalue weighted by atomic mass is 35.5. The fourth-order valence-electron chi connectivity index (χ4n) is 2.63. The van der Waals surface area contributed by atoms with E-state index in [1.807, 2.05) is 25.2 Å². The van der Waals surface area contributed by atoms with Crippen molar-refractivity contribution in [3.8, 4) is 11.5 Å². The maximum atomic E-state index is 12.7. The summed E-state index contributed by atoms with van der Waals surface area (Å²) in [4.78, 5) is 14.5. The molecular weight excluding hydrogens is 388 g/mol. The molecule has 2 aromatic heterocycles. The first-order chi connectivity index (χ1) is 13.1. The van der Waals surface area contributed by atoms with E-state index in [2.05, 4.69) is 20.4 Å². The van der Waals surface area contributed by atoms with Crippen LogP contribution in [-0.4, -0.2) is 47.6 Å². The zero-order chi connectivity index (χ0) is 18.8.